The van der Waals surface area contributed by atoms with Crippen LogP contribution in [0, 0.1) is 0 Å². The average molecular weight is 246 g/mol. The Kier molecular flexibility index (Phi) is 3.94. The molecular formula is C13H18N4O. The van der Waals surface area contributed by atoms with Gasteiger partial charge in [-0.3, -0.25) is 4.68 Å². The third-order valence-electron chi connectivity index (χ3n) is 2.86. The lowest BCUT2D eigenvalue weighted by atomic mass is 10.0. The van der Waals surface area contributed by atoms with Gasteiger partial charge >= 0.3 is 0 Å². The fourth-order valence-electron chi connectivity index (χ4n) is 1.94. The lowest BCUT2D eigenvalue weighted by Gasteiger charge is -2.13. The first-order valence-corrected chi connectivity index (χ1v) is 6.11. The number of anilines is 1. The number of hydrogen-bond donors (Lipinski definition) is 2. The smallest absolute Gasteiger partial charge is 0.138 e. The molecule has 0 aliphatic heterocycles. The van der Waals surface area contributed by atoms with E-state index >= 15 is 0 Å². The second-order valence-electron chi connectivity index (χ2n) is 4.25. The summed E-state index contributed by atoms with van der Waals surface area (Å²) in [4.78, 5) is 4.18. The molecule has 0 radical (unpaired) electrons. The predicted molar refractivity (Wildman–Crippen MR) is 69.8 cm³/mol. The van der Waals surface area contributed by atoms with E-state index in [4.69, 9.17) is 5.73 Å². The molecule has 2 rings (SSSR count). The number of aliphatic hydroxyl groups is 1. The van der Waals surface area contributed by atoms with Crippen LogP contribution in [0.1, 0.15) is 30.8 Å². The van der Waals surface area contributed by atoms with Crippen LogP contribution in [0.5, 0.6) is 0 Å². The summed E-state index contributed by atoms with van der Waals surface area (Å²) >= 11 is 0. The second kappa shape index (κ2) is 5.64. The first kappa shape index (κ1) is 12.6. The summed E-state index contributed by atoms with van der Waals surface area (Å²) in [7, 11) is 0. The molecule has 2 aromatic rings. The number of hydrogen-bond acceptors (Lipinski definition) is 4. The van der Waals surface area contributed by atoms with E-state index in [1.54, 1.807) is 6.07 Å². The molecule has 1 unspecified atom stereocenters. The number of benzene rings is 1. The normalized spacial score (nSPS) is 12.6. The maximum Gasteiger partial charge on any atom is 0.138 e. The van der Waals surface area contributed by atoms with Crippen molar-refractivity contribution in [1.29, 1.82) is 0 Å². The second-order valence-corrected chi connectivity index (χ2v) is 4.25. The highest BCUT2D eigenvalue weighted by molar-refractivity contribution is 5.47. The molecular weight excluding hydrogens is 228 g/mol. The third-order valence-corrected chi connectivity index (χ3v) is 2.86. The van der Waals surface area contributed by atoms with Gasteiger partial charge in [0.15, 0.2) is 0 Å². The predicted octanol–water partition coefficient (Wildman–Crippen LogP) is 1.55. The van der Waals surface area contributed by atoms with Gasteiger partial charge in [0.2, 0.25) is 0 Å². The Bertz CT molecular complexity index is 509. The lowest BCUT2D eigenvalue weighted by molar-refractivity contribution is 0.174. The minimum Gasteiger partial charge on any atom is -0.398 e. The summed E-state index contributed by atoms with van der Waals surface area (Å²) in [6.07, 6.45) is 2.28. The summed E-state index contributed by atoms with van der Waals surface area (Å²) in [5.74, 6) is 0.785. The maximum atomic E-state index is 10.2. The lowest BCUT2D eigenvalue weighted by Crippen LogP contribution is -2.11. The molecule has 1 heterocycles. The number of para-hydroxylation sites is 1. The zero-order chi connectivity index (χ0) is 13.0. The molecule has 0 aliphatic carbocycles. The summed E-state index contributed by atoms with van der Waals surface area (Å²) in [6, 6.07) is 7.34. The number of nitrogens with zero attached hydrogens (tertiary/aromatic N) is 3. The monoisotopic (exact) mass is 246 g/mol. The summed E-state index contributed by atoms with van der Waals surface area (Å²) in [5, 5.41) is 14.3. The van der Waals surface area contributed by atoms with Crippen LogP contribution >= 0.6 is 0 Å². The molecule has 1 aromatic heterocycles. The molecule has 18 heavy (non-hydrogen) atoms. The Morgan fingerprint density at radius 2 is 2.17 bits per heavy atom. The molecule has 0 spiro atoms. The van der Waals surface area contributed by atoms with Crippen LogP contribution in [-0.4, -0.2) is 19.9 Å². The van der Waals surface area contributed by atoms with Gasteiger partial charge in [-0.05, 0) is 12.5 Å². The molecule has 1 aromatic carbocycles. The van der Waals surface area contributed by atoms with Crippen LogP contribution in [0.4, 0.5) is 5.69 Å². The van der Waals surface area contributed by atoms with Crippen molar-refractivity contribution in [2.45, 2.75) is 32.4 Å². The molecule has 0 saturated heterocycles. The van der Waals surface area contributed by atoms with Gasteiger partial charge in [0.25, 0.3) is 0 Å². The molecule has 0 bridgehead atoms. The van der Waals surface area contributed by atoms with Gasteiger partial charge < -0.3 is 10.8 Å². The standard InChI is InChI=1S/C13H18N4O/c1-2-7-17-13(15-9-16-17)8-12(18)10-5-3-4-6-11(10)14/h3-6,9,12,18H,2,7-8,14H2,1H3. The number of nitrogens with two attached hydrogens (primary N) is 1. The Morgan fingerprint density at radius 3 is 2.89 bits per heavy atom. The molecule has 96 valence electrons. The molecule has 1 atom stereocenters. The van der Waals surface area contributed by atoms with Crippen LogP contribution in [-0.2, 0) is 13.0 Å². The minimum absolute atomic E-state index is 0.425. The fourth-order valence-corrected chi connectivity index (χ4v) is 1.94. The van der Waals surface area contributed by atoms with E-state index in [2.05, 4.69) is 17.0 Å². The van der Waals surface area contributed by atoms with Crippen molar-refractivity contribution < 1.29 is 5.11 Å². The highest BCUT2D eigenvalue weighted by Crippen LogP contribution is 2.22. The zero-order valence-corrected chi connectivity index (χ0v) is 10.5. The first-order chi connectivity index (χ1) is 8.72. The van der Waals surface area contributed by atoms with Gasteiger partial charge in [-0.2, -0.15) is 5.10 Å². The molecule has 5 nitrogen and oxygen atoms in total. The van der Waals surface area contributed by atoms with Crippen molar-refractivity contribution in [2.24, 2.45) is 0 Å². The molecule has 3 N–H and O–H groups in total. The summed E-state index contributed by atoms with van der Waals surface area (Å²) in [6.45, 7) is 2.89. The zero-order valence-electron chi connectivity index (χ0n) is 10.5. The Balaban J connectivity index is 2.14. The van der Waals surface area contributed by atoms with E-state index in [0.29, 0.717) is 12.1 Å². The van der Waals surface area contributed by atoms with Crippen LogP contribution in [0.2, 0.25) is 0 Å². The number of rotatable bonds is 5. The summed E-state index contributed by atoms with van der Waals surface area (Å²) in [5.41, 5.74) is 7.19. The van der Waals surface area contributed by atoms with E-state index < -0.39 is 6.10 Å². The Labute approximate surface area is 106 Å². The fraction of sp³-hybridized carbons (Fsp3) is 0.385. The highest BCUT2D eigenvalue weighted by atomic mass is 16.3. The molecule has 0 fully saturated rings. The van der Waals surface area contributed by atoms with Gasteiger partial charge in [-0.1, -0.05) is 25.1 Å². The van der Waals surface area contributed by atoms with Crippen LogP contribution < -0.4 is 5.73 Å². The van der Waals surface area contributed by atoms with Crippen molar-refractivity contribution in [3.63, 3.8) is 0 Å². The summed E-state index contributed by atoms with van der Waals surface area (Å²) < 4.78 is 1.82. The first-order valence-electron chi connectivity index (χ1n) is 6.11. The highest BCUT2D eigenvalue weighted by Gasteiger charge is 2.14. The molecule has 0 aliphatic rings. The Morgan fingerprint density at radius 1 is 1.39 bits per heavy atom. The number of aryl methyl sites for hydroxylation is 1. The SMILES string of the molecule is CCCn1ncnc1CC(O)c1ccccc1N. The minimum atomic E-state index is -0.647. The van der Waals surface area contributed by atoms with Gasteiger partial charge in [0.1, 0.15) is 12.2 Å². The molecule has 0 saturated carbocycles. The van der Waals surface area contributed by atoms with Crippen molar-refractivity contribution in [1.82, 2.24) is 14.8 Å². The van der Waals surface area contributed by atoms with Crippen LogP contribution in [0.15, 0.2) is 30.6 Å². The Hall–Kier alpha value is -1.88. The molecule has 0 amide bonds. The number of aromatic nitrogens is 3. The average Bonchev–Trinajstić information content (AvgIpc) is 2.78. The maximum absolute atomic E-state index is 10.2. The van der Waals surface area contributed by atoms with E-state index in [1.807, 2.05) is 22.9 Å². The van der Waals surface area contributed by atoms with Crippen LogP contribution in [0.25, 0.3) is 0 Å². The van der Waals surface area contributed by atoms with Crippen molar-refractivity contribution >= 4 is 5.69 Å². The van der Waals surface area contributed by atoms with Crippen molar-refractivity contribution in [3.8, 4) is 0 Å². The number of nitrogen functional groups attached to an aromatic ring is 1. The quantitative estimate of drug-likeness (QED) is 0.785. The largest absolute Gasteiger partial charge is 0.398 e. The van der Waals surface area contributed by atoms with Crippen molar-refractivity contribution in [2.75, 3.05) is 5.73 Å². The van der Waals surface area contributed by atoms with Gasteiger partial charge in [0.05, 0.1) is 6.10 Å². The molecule has 5 heteroatoms. The van der Waals surface area contributed by atoms with E-state index in [1.165, 1.54) is 6.33 Å². The van der Waals surface area contributed by atoms with Gasteiger partial charge in [-0.25, -0.2) is 4.98 Å². The van der Waals surface area contributed by atoms with Crippen molar-refractivity contribution in [3.05, 3.63) is 42.0 Å². The number of aliphatic hydroxyl groups excluding tert-OH is 1. The van der Waals surface area contributed by atoms with E-state index in [0.717, 1.165) is 24.4 Å². The third kappa shape index (κ3) is 2.68. The van der Waals surface area contributed by atoms with E-state index in [-0.39, 0.29) is 0 Å². The topological polar surface area (TPSA) is 77.0 Å². The van der Waals surface area contributed by atoms with E-state index in [9.17, 15) is 5.11 Å². The van der Waals surface area contributed by atoms with Crippen LogP contribution in [0.3, 0.4) is 0 Å². The van der Waals surface area contributed by atoms with Gasteiger partial charge in [0, 0.05) is 24.2 Å². The van der Waals surface area contributed by atoms with Gasteiger partial charge in [-0.15, -0.1) is 0 Å².